The number of aryl methyl sites for hydroxylation is 1. The molecule has 0 fully saturated rings. The van der Waals surface area contributed by atoms with Crippen LogP contribution in [0, 0.1) is 0 Å². The second-order valence-corrected chi connectivity index (χ2v) is 7.12. The number of nitrogens with one attached hydrogen (secondary N) is 1. The lowest BCUT2D eigenvalue weighted by molar-refractivity contribution is -0.274. The average molecular weight is 460 g/mol. The highest BCUT2D eigenvalue weighted by Crippen LogP contribution is 2.25. The van der Waals surface area contributed by atoms with Crippen LogP contribution in [0.5, 0.6) is 5.75 Å². The minimum absolute atomic E-state index is 0.0376. The quantitative estimate of drug-likeness (QED) is 0.299. The molecule has 0 bridgehead atoms. The van der Waals surface area contributed by atoms with E-state index in [9.17, 15) is 22.8 Å². The summed E-state index contributed by atoms with van der Waals surface area (Å²) < 4.78 is 42.0. The van der Waals surface area contributed by atoms with E-state index in [1.165, 1.54) is 16.7 Å². The van der Waals surface area contributed by atoms with E-state index in [0.29, 0.717) is 11.0 Å². The van der Waals surface area contributed by atoms with Crippen molar-refractivity contribution < 1.29 is 22.7 Å². The summed E-state index contributed by atoms with van der Waals surface area (Å²) in [6.07, 6.45) is -4.68. The molecule has 1 heterocycles. The highest BCUT2D eigenvalue weighted by atomic mass is 19.4. The van der Waals surface area contributed by atoms with Gasteiger partial charge in [0.15, 0.2) is 0 Å². The summed E-state index contributed by atoms with van der Waals surface area (Å²) in [6.45, 7) is -0.0617. The van der Waals surface area contributed by atoms with E-state index in [4.69, 9.17) is 5.53 Å². The van der Waals surface area contributed by atoms with E-state index in [0.717, 1.165) is 12.1 Å². The van der Waals surface area contributed by atoms with Crippen LogP contribution in [0.4, 0.5) is 18.9 Å². The molecule has 3 aromatic rings. The minimum Gasteiger partial charge on any atom is -0.406 e. The highest BCUT2D eigenvalue weighted by Gasteiger charge is 2.31. The number of benzene rings is 2. The number of carbonyl (C=O) groups excluding carboxylic acids is 1. The number of azide groups is 1. The van der Waals surface area contributed by atoms with Gasteiger partial charge >= 0.3 is 6.36 Å². The maximum atomic E-state index is 12.8. The number of nitrogens with zero attached hydrogens (tertiary/aromatic N) is 5. The highest BCUT2D eigenvalue weighted by molar-refractivity contribution is 5.90. The summed E-state index contributed by atoms with van der Waals surface area (Å²) >= 11 is 0. The molecule has 0 aliphatic carbocycles. The van der Waals surface area contributed by atoms with E-state index in [1.807, 2.05) is 0 Å². The fourth-order valence-corrected chi connectivity index (χ4v) is 3.29. The van der Waals surface area contributed by atoms with Gasteiger partial charge in [-0.2, -0.15) is 0 Å². The summed E-state index contributed by atoms with van der Waals surface area (Å²) in [5, 5.41) is 6.12. The number of halogens is 3. The standard InChI is InChI=1S/C21H19F3N6O3/c1-30-17-5-3-2-4-16(17)28-19(20(30)32)13(12-26-29-25)6-11-18(31)27-14-7-9-15(10-8-14)33-21(22,23)24/h2-5,7-10,13H,6,11-12H2,1H3,(H,27,31)/t13-/m1/s1. The van der Waals surface area contributed by atoms with Gasteiger partial charge in [-0.25, -0.2) is 4.98 Å². The number of hydrogen-bond acceptors (Lipinski definition) is 5. The Morgan fingerprint density at radius 3 is 2.61 bits per heavy atom. The first-order valence-corrected chi connectivity index (χ1v) is 9.80. The Labute approximate surface area is 185 Å². The molecule has 12 heteroatoms. The molecule has 0 aliphatic heterocycles. The molecule has 3 rings (SSSR count). The number of fused-ring (bicyclic) bond motifs is 1. The largest absolute Gasteiger partial charge is 0.573 e. The third-order valence-corrected chi connectivity index (χ3v) is 4.85. The average Bonchev–Trinajstić information content (AvgIpc) is 2.77. The lowest BCUT2D eigenvalue weighted by Crippen LogP contribution is -2.27. The Bertz CT molecular complexity index is 1250. The van der Waals surface area contributed by atoms with Gasteiger partial charge in [0.1, 0.15) is 11.4 Å². The zero-order valence-electron chi connectivity index (χ0n) is 17.4. The van der Waals surface area contributed by atoms with Gasteiger partial charge in [0.25, 0.3) is 5.56 Å². The maximum Gasteiger partial charge on any atom is 0.573 e. The number of ether oxygens (including phenoxy) is 1. The van der Waals surface area contributed by atoms with Crippen molar-refractivity contribution in [2.45, 2.75) is 25.1 Å². The van der Waals surface area contributed by atoms with E-state index in [-0.39, 0.29) is 36.3 Å². The lowest BCUT2D eigenvalue weighted by Gasteiger charge is -2.16. The third kappa shape index (κ3) is 6.23. The molecule has 33 heavy (non-hydrogen) atoms. The Kier molecular flexibility index (Phi) is 7.19. The number of alkyl halides is 3. The molecule has 0 saturated heterocycles. The van der Waals surface area contributed by atoms with Crippen molar-refractivity contribution in [2.24, 2.45) is 12.2 Å². The molecule has 2 aromatic carbocycles. The van der Waals surface area contributed by atoms with E-state index in [2.05, 4.69) is 25.1 Å². The van der Waals surface area contributed by atoms with Crippen molar-refractivity contribution in [1.29, 1.82) is 0 Å². The molecule has 1 aromatic heterocycles. The monoisotopic (exact) mass is 460 g/mol. The van der Waals surface area contributed by atoms with Gasteiger partial charge in [-0.3, -0.25) is 9.59 Å². The molecule has 172 valence electrons. The number of para-hydroxylation sites is 2. The normalized spacial score (nSPS) is 12.1. The second kappa shape index (κ2) is 10.0. The summed E-state index contributed by atoms with van der Waals surface area (Å²) in [6, 6.07) is 11.8. The Morgan fingerprint density at radius 2 is 1.94 bits per heavy atom. The molecule has 0 saturated carbocycles. The smallest absolute Gasteiger partial charge is 0.406 e. The molecule has 1 atom stereocenters. The SMILES string of the molecule is Cn1c(=O)c([C@H](CCC(=O)Nc2ccc(OC(F)(F)F)cc2)CN=[N+]=[N-])nc2ccccc21. The van der Waals surface area contributed by atoms with Gasteiger partial charge in [0, 0.05) is 36.5 Å². The molecular weight excluding hydrogens is 441 g/mol. The Hall–Kier alpha value is -4.05. The van der Waals surface area contributed by atoms with Crippen LogP contribution in [-0.2, 0) is 11.8 Å². The van der Waals surface area contributed by atoms with Crippen LogP contribution in [0.3, 0.4) is 0 Å². The van der Waals surface area contributed by atoms with Crippen LogP contribution in [0.1, 0.15) is 24.5 Å². The maximum absolute atomic E-state index is 12.8. The summed E-state index contributed by atoms with van der Waals surface area (Å²) in [4.78, 5) is 32.4. The number of hydrogen-bond donors (Lipinski definition) is 1. The van der Waals surface area contributed by atoms with Crippen molar-refractivity contribution in [3.8, 4) is 5.75 Å². The fourth-order valence-electron chi connectivity index (χ4n) is 3.29. The zero-order chi connectivity index (χ0) is 24.0. The molecule has 1 amide bonds. The van der Waals surface area contributed by atoms with Crippen LogP contribution in [-0.4, -0.2) is 28.4 Å². The number of anilines is 1. The number of carbonyl (C=O) groups is 1. The second-order valence-electron chi connectivity index (χ2n) is 7.12. The molecular formula is C21H19F3N6O3. The zero-order valence-corrected chi connectivity index (χ0v) is 17.4. The first kappa shape index (κ1) is 23.6. The molecule has 9 nitrogen and oxygen atoms in total. The molecule has 0 spiro atoms. The number of rotatable bonds is 8. The summed E-state index contributed by atoms with van der Waals surface area (Å²) in [7, 11) is 1.61. The van der Waals surface area contributed by atoms with Crippen LogP contribution in [0.25, 0.3) is 21.5 Å². The molecule has 1 N–H and O–H groups in total. The third-order valence-electron chi connectivity index (χ3n) is 4.85. The van der Waals surface area contributed by atoms with Crippen molar-refractivity contribution in [3.63, 3.8) is 0 Å². The van der Waals surface area contributed by atoms with Crippen molar-refractivity contribution in [2.75, 3.05) is 11.9 Å². The lowest BCUT2D eigenvalue weighted by atomic mass is 9.99. The van der Waals surface area contributed by atoms with Gasteiger partial charge in [-0.05, 0) is 48.4 Å². The number of amides is 1. The fraction of sp³-hybridized carbons (Fsp3) is 0.286. The topological polar surface area (TPSA) is 122 Å². The van der Waals surface area contributed by atoms with Gasteiger partial charge in [0.2, 0.25) is 5.91 Å². The summed E-state index contributed by atoms with van der Waals surface area (Å²) in [5.74, 6) is -1.44. The first-order chi connectivity index (χ1) is 15.7. The Balaban J connectivity index is 1.72. The van der Waals surface area contributed by atoms with Crippen LogP contribution < -0.4 is 15.6 Å². The van der Waals surface area contributed by atoms with Gasteiger partial charge in [-0.15, -0.1) is 13.2 Å². The molecule has 0 aliphatic rings. The first-order valence-electron chi connectivity index (χ1n) is 9.80. The minimum atomic E-state index is -4.81. The van der Waals surface area contributed by atoms with Crippen LogP contribution >= 0.6 is 0 Å². The van der Waals surface area contributed by atoms with Crippen LogP contribution in [0.15, 0.2) is 58.4 Å². The predicted molar refractivity (Wildman–Crippen MR) is 115 cm³/mol. The van der Waals surface area contributed by atoms with Gasteiger partial charge in [0.05, 0.1) is 11.0 Å². The predicted octanol–water partition coefficient (Wildman–Crippen LogP) is 4.64. The van der Waals surface area contributed by atoms with Gasteiger partial charge < -0.3 is 14.6 Å². The molecule has 0 radical (unpaired) electrons. The summed E-state index contributed by atoms with van der Waals surface area (Å²) in [5.41, 5.74) is 10.1. The van der Waals surface area contributed by atoms with E-state index < -0.39 is 23.9 Å². The van der Waals surface area contributed by atoms with Crippen molar-refractivity contribution >= 4 is 22.6 Å². The van der Waals surface area contributed by atoms with Crippen LogP contribution in [0.2, 0.25) is 0 Å². The Morgan fingerprint density at radius 1 is 1.24 bits per heavy atom. The van der Waals surface area contributed by atoms with Crippen molar-refractivity contribution in [1.82, 2.24) is 9.55 Å². The number of aromatic nitrogens is 2. The van der Waals surface area contributed by atoms with E-state index in [1.54, 1.807) is 31.3 Å². The van der Waals surface area contributed by atoms with Gasteiger partial charge in [-0.1, -0.05) is 17.2 Å². The van der Waals surface area contributed by atoms with Crippen molar-refractivity contribution in [3.05, 3.63) is 75.0 Å². The van der Waals surface area contributed by atoms with E-state index >= 15 is 0 Å². The molecule has 0 unspecified atom stereocenters.